The first-order valence-electron chi connectivity index (χ1n) is 8.59. The van der Waals surface area contributed by atoms with Crippen molar-refractivity contribution in [2.75, 3.05) is 13.1 Å². The van der Waals surface area contributed by atoms with Crippen molar-refractivity contribution in [3.05, 3.63) is 65.0 Å². The lowest BCUT2D eigenvalue weighted by Gasteiger charge is -2.15. The van der Waals surface area contributed by atoms with E-state index in [0.29, 0.717) is 11.5 Å². The Kier molecular flexibility index (Phi) is 4.01. The van der Waals surface area contributed by atoms with Gasteiger partial charge in [-0.1, -0.05) is 18.2 Å². The maximum atomic E-state index is 10.9. The van der Waals surface area contributed by atoms with Gasteiger partial charge < -0.3 is 10.1 Å². The zero-order chi connectivity index (χ0) is 17.4. The van der Waals surface area contributed by atoms with Crippen molar-refractivity contribution in [3.63, 3.8) is 0 Å². The van der Waals surface area contributed by atoms with Gasteiger partial charge in [-0.25, -0.2) is 9.78 Å². The van der Waals surface area contributed by atoms with Crippen LogP contribution >= 0.6 is 0 Å². The second kappa shape index (κ2) is 6.33. The lowest BCUT2D eigenvalue weighted by molar-refractivity contribution is 0.0697. The number of imidazole rings is 1. The summed E-state index contributed by atoms with van der Waals surface area (Å²) in [5.74, 6) is 0.614. The second-order valence-corrected chi connectivity index (χ2v) is 6.87. The summed E-state index contributed by atoms with van der Waals surface area (Å²) in [4.78, 5) is 21.6. The van der Waals surface area contributed by atoms with Crippen LogP contribution in [0.2, 0.25) is 0 Å². The molecule has 0 radical (unpaired) electrons. The zero-order valence-corrected chi connectivity index (χ0v) is 14.2. The molecule has 1 aliphatic rings. The van der Waals surface area contributed by atoms with Crippen LogP contribution in [0.5, 0.6) is 0 Å². The van der Waals surface area contributed by atoms with Crippen molar-refractivity contribution in [1.29, 1.82) is 0 Å². The molecule has 0 spiro atoms. The Labute approximate surface area is 146 Å². The van der Waals surface area contributed by atoms with E-state index < -0.39 is 5.97 Å². The topological polar surface area (TPSA) is 69.2 Å². The summed E-state index contributed by atoms with van der Waals surface area (Å²) in [6.45, 7) is 4.93. The monoisotopic (exact) mass is 335 g/mol. The number of nitrogens with zero attached hydrogens (tertiary/aromatic N) is 2. The summed E-state index contributed by atoms with van der Waals surface area (Å²) < 4.78 is 0. The number of benzene rings is 2. The predicted molar refractivity (Wildman–Crippen MR) is 96.9 cm³/mol. The highest BCUT2D eigenvalue weighted by molar-refractivity contribution is 5.87. The molecule has 1 aromatic heterocycles. The first-order valence-corrected chi connectivity index (χ1v) is 8.59. The maximum Gasteiger partial charge on any atom is 0.335 e. The third kappa shape index (κ3) is 3.28. The lowest BCUT2D eigenvalue weighted by atomic mass is 10.1. The van der Waals surface area contributed by atoms with Crippen LogP contribution in [0.15, 0.2) is 42.5 Å². The molecule has 0 saturated carbocycles. The van der Waals surface area contributed by atoms with E-state index in [1.165, 1.54) is 5.56 Å². The zero-order valence-electron chi connectivity index (χ0n) is 14.2. The number of H-pyrrole nitrogens is 1. The highest BCUT2D eigenvalue weighted by Crippen LogP contribution is 2.28. The molecular formula is C20H21N3O2. The number of aromatic nitrogens is 2. The number of carbonyl (C=O) groups is 1. The highest BCUT2D eigenvalue weighted by Gasteiger charge is 2.26. The molecule has 25 heavy (non-hydrogen) atoms. The van der Waals surface area contributed by atoms with E-state index >= 15 is 0 Å². The molecule has 5 heteroatoms. The van der Waals surface area contributed by atoms with Gasteiger partial charge in [0.15, 0.2) is 0 Å². The van der Waals surface area contributed by atoms with Crippen LogP contribution in [-0.4, -0.2) is 39.0 Å². The maximum absolute atomic E-state index is 10.9. The minimum Gasteiger partial charge on any atom is -0.478 e. The van der Waals surface area contributed by atoms with Crippen molar-refractivity contribution < 1.29 is 9.90 Å². The van der Waals surface area contributed by atoms with E-state index in [1.54, 1.807) is 12.1 Å². The van der Waals surface area contributed by atoms with Gasteiger partial charge in [0, 0.05) is 19.0 Å². The Morgan fingerprint density at radius 1 is 1.28 bits per heavy atom. The molecule has 2 heterocycles. The number of hydrogen-bond donors (Lipinski definition) is 2. The number of nitrogens with one attached hydrogen (secondary N) is 1. The number of likely N-dealkylation sites (tertiary alicyclic amines) is 1. The molecule has 1 unspecified atom stereocenters. The number of fused-ring (bicyclic) bond motifs is 1. The molecule has 1 fully saturated rings. The highest BCUT2D eigenvalue weighted by atomic mass is 16.4. The van der Waals surface area contributed by atoms with Crippen LogP contribution in [0, 0.1) is 6.92 Å². The van der Waals surface area contributed by atoms with E-state index in [0.717, 1.165) is 48.5 Å². The third-order valence-corrected chi connectivity index (χ3v) is 4.92. The molecule has 2 N–H and O–H groups in total. The summed E-state index contributed by atoms with van der Waals surface area (Å²) >= 11 is 0. The quantitative estimate of drug-likeness (QED) is 0.765. The fourth-order valence-corrected chi connectivity index (χ4v) is 3.55. The molecule has 2 aromatic carbocycles. The van der Waals surface area contributed by atoms with E-state index in [2.05, 4.69) is 35.0 Å². The minimum atomic E-state index is -0.882. The number of aromatic carboxylic acids is 1. The lowest BCUT2D eigenvalue weighted by Crippen LogP contribution is -2.20. The van der Waals surface area contributed by atoms with Crippen LogP contribution in [0.3, 0.4) is 0 Å². The number of carboxylic acids is 1. The Bertz CT molecular complexity index is 914. The van der Waals surface area contributed by atoms with Crippen LogP contribution in [0.1, 0.15) is 39.6 Å². The fourth-order valence-electron chi connectivity index (χ4n) is 3.55. The van der Waals surface area contributed by atoms with Gasteiger partial charge in [-0.3, -0.25) is 4.90 Å². The molecule has 0 aliphatic carbocycles. The van der Waals surface area contributed by atoms with E-state index in [1.807, 2.05) is 12.1 Å². The van der Waals surface area contributed by atoms with E-state index in [9.17, 15) is 4.79 Å². The standard InChI is InChI=1S/C20H21N3O2/c1-13-2-7-17-18(10-13)22-19(21-17)16-8-9-23(12-16)11-14-3-5-15(6-4-14)20(24)25/h2-7,10,16H,8-9,11-12H2,1H3,(H,21,22)(H,24,25). The van der Waals surface area contributed by atoms with Crippen molar-refractivity contribution in [2.45, 2.75) is 25.8 Å². The van der Waals surface area contributed by atoms with Gasteiger partial charge in [0.25, 0.3) is 0 Å². The van der Waals surface area contributed by atoms with Gasteiger partial charge in [0.1, 0.15) is 5.82 Å². The van der Waals surface area contributed by atoms with Gasteiger partial charge in [-0.2, -0.15) is 0 Å². The molecule has 128 valence electrons. The van der Waals surface area contributed by atoms with Gasteiger partial charge in [0.05, 0.1) is 16.6 Å². The first-order chi connectivity index (χ1) is 12.1. The van der Waals surface area contributed by atoms with Gasteiger partial charge in [-0.05, 0) is 55.3 Å². The van der Waals surface area contributed by atoms with Crippen molar-refractivity contribution in [2.24, 2.45) is 0 Å². The predicted octanol–water partition coefficient (Wildman–Crippen LogP) is 3.56. The normalized spacial score (nSPS) is 18.0. The Balaban J connectivity index is 1.44. The summed E-state index contributed by atoms with van der Waals surface area (Å²) in [6, 6.07) is 13.5. The van der Waals surface area contributed by atoms with Gasteiger partial charge in [0.2, 0.25) is 0 Å². The van der Waals surface area contributed by atoms with E-state index in [-0.39, 0.29) is 0 Å². The van der Waals surface area contributed by atoms with Crippen molar-refractivity contribution in [1.82, 2.24) is 14.9 Å². The second-order valence-electron chi connectivity index (χ2n) is 6.87. The molecule has 3 aromatic rings. The van der Waals surface area contributed by atoms with E-state index in [4.69, 9.17) is 10.1 Å². The molecule has 1 atom stereocenters. The Hall–Kier alpha value is -2.66. The summed E-state index contributed by atoms with van der Waals surface area (Å²) in [7, 11) is 0. The van der Waals surface area contributed by atoms with Gasteiger partial charge >= 0.3 is 5.97 Å². The fraction of sp³-hybridized carbons (Fsp3) is 0.300. The number of carboxylic acid groups (broad SMARTS) is 1. The molecule has 4 rings (SSSR count). The largest absolute Gasteiger partial charge is 0.478 e. The number of rotatable bonds is 4. The van der Waals surface area contributed by atoms with Crippen molar-refractivity contribution >= 4 is 17.0 Å². The minimum absolute atomic E-state index is 0.334. The van der Waals surface area contributed by atoms with Crippen LogP contribution in [-0.2, 0) is 6.54 Å². The summed E-state index contributed by atoms with van der Waals surface area (Å²) in [5.41, 5.74) is 4.85. The third-order valence-electron chi connectivity index (χ3n) is 4.92. The average molecular weight is 335 g/mol. The average Bonchev–Trinajstić information content (AvgIpc) is 3.21. The molecule has 0 amide bonds. The number of aromatic amines is 1. The van der Waals surface area contributed by atoms with Crippen molar-refractivity contribution in [3.8, 4) is 0 Å². The Morgan fingerprint density at radius 2 is 2.08 bits per heavy atom. The van der Waals surface area contributed by atoms with Crippen LogP contribution in [0.4, 0.5) is 0 Å². The first kappa shape index (κ1) is 15.8. The summed E-state index contributed by atoms with van der Waals surface area (Å²) in [5, 5.41) is 8.98. The smallest absolute Gasteiger partial charge is 0.335 e. The molecular weight excluding hydrogens is 314 g/mol. The summed E-state index contributed by atoms with van der Waals surface area (Å²) in [6.07, 6.45) is 1.09. The Morgan fingerprint density at radius 3 is 2.84 bits per heavy atom. The van der Waals surface area contributed by atoms with Crippen LogP contribution in [0.25, 0.3) is 11.0 Å². The molecule has 0 bridgehead atoms. The molecule has 1 aliphatic heterocycles. The number of aryl methyl sites for hydroxylation is 1. The molecule has 5 nitrogen and oxygen atoms in total. The SMILES string of the molecule is Cc1ccc2nc(C3CCN(Cc4ccc(C(=O)O)cc4)C3)[nH]c2c1. The van der Waals surface area contributed by atoms with Gasteiger partial charge in [-0.15, -0.1) is 0 Å². The van der Waals surface area contributed by atoms with Crippen LogP contribution < -0.4 is 0 Å². The molecule has 1 saturated heterocycles. The number of hydrogen-bond acceptors (Lipinski definition) is 3.